The van der Waals surface area contributed by atoms with Crippen molar-refractivity contribution < 1.29 is 4.74 Å². The van der Waals surface area contributed by atoms with E-state index in [4.69, 9.17) is 16.3 Å². The summed E-state index contributed by atoms with van der Waals surface area (Å²) in [7, 11) is 1.65. The molecule has 2 aromatic rings. The fourth-order valence-electron chi connectivity index (χ4n) is 1.38. The molecular weight excluding hydrogens is 232 g/mol. The fourth-order valence-corrected chi connectivity index (χ4v) is 1.58. The number of rotatable bonds is 1. The molecule has 0 saturated carbocycles. The van der Waals surface area contributed by atoms with Crippen LogP contribution >= 0.6 is 11.6 Å². The predicted octanol–water partition coefficient (Wildman–Crippen LogP) is 3.75. The predicted molar refractivity (Wildman–Crippen MR) is 70.4 cm³/mol. The zero-order valence-corrected chi connectivity index (χ0v) is 10.2. The Kier molecular flexibility index (Phi) is 3.69. The molecule has 2 heteroatoms. The minimum atomic E-state index is 0.700. The highest BCUT2D eigenvalue weighted by Crippen LogP contribution is 2.11. The van der Waals surface area contributed by atoms with Gasteiger partial charge in [-0.15, -0.1) is 0 Å². The second-order valence-electron chi connectivity index (χ2n) is 3.49. The van der Waals surface area contributed by atoms with Gasteiger partial charge < -0.3 is 4.74 Å². The van der Waals surface area contributed by atoms with E-state index >= 15 is 0 Å². The molecular formula is C15H11ClO. The van der Waals surface area contributed by atoms with E-state index in [0.29, 0.717) is 5.02 Å². The Morgan fingerprint density at radius 1 is 0.941 bits per heavy atom. The lowest BCUT2D eigenvalue weighted by molar-refractivity contribution is 0.415. The summed E-state index contributed by atoms with van der Waals surface area (Å²) >= 11 is 5.88. The van der Waals surface area contributed by atoms with Crippen LogP contribution in [0.5, 0.6) is 5.75 Å². The van der Waals surface area contributed by atoms with Crippen molar-refractivity contribution in [2.75, 3.05) is 7.11 Å². The zero-order valence-electron chi connectivity index (χ0n) is 9.41. The molecule has 1 nitrogen and oxygen atoms in total. The summed E-state index contributed by atoms with van der Waals surface area (Å²) in [6.07, 6.45) is 0. The van der Waals surface area contributed by atoms with Gasteiger partial charge in [-0.3, -0.25) is 0 Å². The Balaban J connectivity index is 2.20. The maximum atomic E-state index is 5.88. The molecule has 84 valence electrons. The Hall–Kier alpha value is -1.91. The molecule has 2 rings (SSSR count). The van der Waals surface area contributed by atoms with Crippen LogP contribution in [0.3, 0.4) is 0 Å². The van der Waals surface area contributed by atoms with E-state index in [1.165, 1.54) is 0 Å². The molecule has 0 radical (unpaired) electrons. The summed E-state index contributed by atoms with van der Waals surface area (Å²) in [5, 5.41) is 0.700. The van der Waals surface area contributed by atoms with Gasteiger partial charge in [-0.2, -0.15) is 0 Å². The van der Waals surface area contributed by atoms with Crippen LogP contribution in [0.25, 0.3) is 0 Å². The molecule has 0 saturated heterocycles. The van der Waals surface area contributed by atoms with Gasteiger partial charge in [0, 0.05) is 16.1 Å². The highest BCUT2D eigenvalue weighted by atomic mass is 35.5. The van der Waals surface area contributed by atoms with Gasteiger partial charge in [0.25, 0.3) is 0 Å². The Morgan fingerprint density at radius 3 is 2.29 bits per heavy atom. The van der Waals surface area contributed by atoms with Crippen LogP contribution in [-0.2, 0) is 0 Å². The minimum absolute atomic E-state index is 0.700. The average molecular weight is 243 g/mol. The van der Waals surface area contributed by atoms with Gasteiger partial charge in [0.2, 0.25) is 0 Å². The van der Waals surface area contributed by atoms with Gasteiger partial charge in [0.05, 0.1) is 7.11 Å². The molecule has 0 fully saturated rings. The van der Waals surface area contributed by atoms with Crippen LogP contribution in [0.2, 0.25) is 5.02 Å². The number of hydrogen-bond acceptors (Lipinski definition) is 1. The third-order valence-corrected chi connectivity index (χ3v) is 2.50. The second kappa shape index (κ2) is 5.43. The SMILES string of the molecule is COc1ccc(C#Cc2cccc(Cl)c2)cc1. The molecule has 0 heterocycles. The summed E-state index contributed by atoms with van der Waals surface area (Å²) in [5.41, 5.74) is 1.86. The van der Waals surface area contributed by atoms with Gasteiger partial charge in [-0.25, -0.2) is 0 Å². The molecule has 2 aromatic carbocycles. The lowest BCUT2D eigenvalue weighted by Gasteiger charge is -1.97. The number of halogens is 1. The van der Waals surface area contributed by atoms with E-state index in [-0.39, 0.29) is 0 Å². The summed E-state index contributed by atoms with van der Waals surface area (Å²) in [5.74, 6) is 6.97. The van der Waals surface area contributed by atoms with Gasteiger partial charge >= 0.3 is 0 Å². The first-order chi connectivity index (χ1) is 8.28. The topological polar surface area (TPSA) is 9.23 Å². The van der Waals surface area contributed by atoms with Gasteiger partial charge in [-0.1, -0.05) is 29.5 Å². The third-order valence-electron chi connectivity index (χ3n) is 2.27. The molecule has 0 spiro atoms. The van der Waals surface area contributed by atoms with Crippen molar-refractivity contribution in [1.29, 1.82) is 0 Å². The molecule has 0 amide bonds. The third kappa shape index (κ3) is 3.27. The first-order valence-electron chi connectivity index (χ1n) is 5.19. The first-order valence-corrected chi connectivity index (χ1v) is 5.57. The van der Waals surface area contributed by atoms with Crippen LogP contribution in [0.15, 0.2) is 48.5 Å². The summed E-state index contributed by atoms with van der Waals surface area (Å²) in [4.78, 5) is 0. The fraction of sp³-hybridized carbons (Fsp3) is 0.0667. The maximum Gasteiger partial charge on any atom is 0.118 e. The van der Waals surface area contributed by atoms with Crippen LogP contribution in [0.4, 0.5) is 0 Å². The molecule has 0 aliphatic rings. The van der Waals surface area contributed by atoms with Crippen molar-refractivity contribution in [2.24, 2.45) is 0 Å². The molecule has 0 aromatic heterocycles. The summed E-state index contributed by atoms with van der Waals surface area (Å²) in [6, 6.07) is 15.1. The lowest BCUT2D eigenvalue weighted by atomic mass is 10.2. The largest absolute Gasteiger partial charge is 0.497 e. The van der Waals surface area contributed by atoms with Crippen molar-refractivity contribution in [1.82, 2.24) is 0 Å². The quantitative estimate of drug-likeness (QED) is 0.692. The van der Waals surface area contributed by atoms with E-state index in [1.54, 1.807) is 7.11 Å². The monoisotopic (exact) mass is 242 g/mol. The smallest absolute Gasteiger partial charge is 0.118 e. The van der Waals surface area contributed by atoms with Crippen LogP contribution < -0.4 is 4.74 Å². The van der Waals surface area contributed by atoms with Crippen molar-refractivity contribution in [2.45, 2.75) is 0 Å². The van der Waals surface area contributed by atoms with E-state index in [2.05, 4.69) is 11.8 Å². The van der Waals surface area contributed by atoms with Gasteiger partial charge in [0.1, 0.15) is 5.75 Å². The first kappa shape index (κ1) is 11.6. The second-order valence-corrected chi connectivity index (χ2v) is 3.93. The molecule has 0 atom stereocenters. The molecule has 0 bridgehead atoms. The summed E-state index contributed by atoms with van der Waals surface area (Å²) in [6.45, 7) is 0. The lowest BCUT2D eigenvalue weighted by Crippen LogP contribution is -1.82. The van der Waals surface area contributed by atoms with Crippen LogP contribution in [0, 0.1) is 11.8 Å². The van der Waals surface area contributed by atoms with E-state index in [0.717, 1.165) is 16.9 Å². The van der Waals surface area contributed by atoms with Crippen molar-refractivity contribution >= 4 is 11.6 Å². The van der Waals surface area contributed by atoms with Crippen LogP contribution in [0.1, 0.15) is 11.1 Å². The summed E-state index contributed by atoms with van der Waals surface area (Å²) < 4.78 is 5.08. The number of methoxy groups -OCH3 is 1. The number of ether oxygens (including phenoxy) is 1. The van der Waals surface area contributed by atoms with Gasteiger partial charge in [-0.05, 0) is 42.5 Å². The van der Waals surface area contributed by atoms with Gasteiger partial charge in [0.15, 0.2) is 0 Å². The van der Waals surface area contributed by atoms with E-state index in [1.807, 2.05) is 48.5 Å². The average Bonchev–Trinajstić information content (AvgIpc) is 2.37. The number of hydrogen-bond donors (Lipinski definition) is 0. The molecule has 0 aliphatic carbocycles. The molecule has 0 unspecified atom stereocenters. The standard InChI is InChI=1S/C15H11ClO/c1-17-15-9-7-12(8-10-15)5-6-13-3-2-4-14(16)11-13/h2-4,7-11H,1H3. The van der Waals surface area contributed by atoms with Crippen molar-refractivity contribution in [3.8, 4) is 17.6 Å². The molecule has 17 heavy (non-hydrogen) atoms. The van der Waals surface area contributed by atoms with Crippen molar-refractivity contribution in [3.05, 3.63) is 64.7 Å². The van der Waals surface area contributed by atoms with Crippen LogP contribution in [-0.4, -0.2) is 7.11 Å². The van der Waals surface area contributed by atoms with E-state index in [9.17, 15) is 0 Å². The molecule has 0 N–H and O–H groups in total. The Labute approximate surface area is 106 Å². The minimum Gasteiger partial charge on any atom is -0.497 e. The normalized spacial score (nSPS) is 9.29. The highest BCUT2D eigenvalue weighted by molar-refractivity contribution is 6.30. The maximum absolute atomic E-state index is 5.88. The Morgan fingerprint density at radius 2 is 1.65 bits per heavy atom. The number of benzene rings is 2. The van der Waals surface area contributed by atoms with Crippen molar-refractivity contribution in [3.63, 3.8) is 0 Å². The van der Waals surface area contributed by atoms with E-state index < -0.39 is 0 Å². The Bertz CT molecular complexity index is 561. The highest BCUT2D eigenvalue weighted by Gasteiger charge is 1.91. The zero-order chi connectivity index (χ0) is 12.1. The molecule has 0 aliphatic heterocycles.